The van der Waals surface area contributed by atoms with Crippen LogP contribution in [0.1, 0.15) is 36.0 Å². The van der Waals surface area contributed by atoms with Gasteiger partial charge >= 0.3 is 5.97 Å². The van der Waals surface area contributed by atoms with Crippen molar-refractivity contribution in [3.63, 3.8) is 0 Å². The Morgan fingerprint density at radius 2 is 1.60 bits per heavy atom. The largest absolute Gasteiger partial charge is 0.478 e. The van der Waals surface area contributed by atoms with E-state index >= 15 is 0 Å². The van der Waals surface area contributed by atoms with E-state index in [0.717, 1.165) is 24.8 Å². The molecule has 4 heteroatoms. The number of rotatable bonds is 3. The first-order chi connectivity index (χ1) is 9.74. The van der Waals surface area contributed by atoms with Crippen LogP contribution in [-0.4, -0.2) is 48.2 Å². The summed E-state index contributed by atoms with van der Waals surface area (Å²) in [4.78, 5) is 15.9. The normalized spacial score (nSPS) is 21.3. The number of benzene rings is 1. The van der Waals surface area contributed by atoms with Gasteiger partial charge in [-0.15, -0.1) is 0 Å². The predicted molar refractivity (Wildman–Crippen MR) is 79.4 cm³/mol. The molecule has 3 rings (SSSR count). The summed E-state index contributed by atoms with van der Waals surface area (Å²) in [5.41, 5.74) is 1.51. The highest BCUT2D eigenvalue weighted by Crippen LogP contribution is 2.25. The first-order valence-corrected chi connectivity index (χ1v) is 7.56. The van der Waals surface area contributed by atoms with Crippen molar-refractivity contribution in [1.29, 1.82) is 0 Å². The van der Waals surface area contributed by atoms with Crippen LogP contribution < -0.4 is 4.90 Å². The van der Waals surface area contributed by atoms with Gasteiger partial charge in [0.2, 0.25) is 0 Å². The summed E-state index contributed by atoms with van der Waals surface area (Å²) in [5, 5.41) is 8.92. The van der Waals surface area contributed by atoms with Crippen LogP contribution in [0.2, 0.25) is 0 Å². The quantitative estimate of drug-likeness (QED) is 0.919. The fourth-order valence-electron chi connectivity index (χ4n) is 3.41. The first kappa shape index (κ1) is 13.4. The molecule has 0 unspecified atom stereocenters. The number of anilines is 1. The van der Waals surface area contributed by atoms with Gasteiger partial charge in [-0.25, -0.2) is 4.79 Å². The fraction of sp³-hybridized carbons (Fsp3) is 0.562. The molecule has 0 amide bonds. The fourth-order valence-corrected chi connectivity index (χ4v) is 3.41. The third-order valence-electron chi connectivity index (χ3n) is 4.60. The van der Waals surface area contributed by atoms with Gasteiger partial charge in [-0.05, 0) is 63.0 Å². The number of carboxylic acid groups (broad SMARTS) is 1. The summed E-state index contributed by atoms with van der Waals surface area (Å²) in [6.07, 6.45) is 5.16. The molecule has 2 heterocycles. The third kappa shape index (κ3) is 2.80. The molecule has 1 aromatic rings. The van der Waals surface area contributed by atoms with Crippen molar-refractivity contribution in [1.82, 2.24) is 4.90 Å². The molecule has 1 N–H and O–H groups in total. The van der Waals surface area contributed by atoms with Gasteiger partial charge in [0.15, 0.2) is 0 Å². The molecule has 0 aromatic heterocycles. The Kier molecular flexibility index (Phi) is 3.92. The lowest BCUT2D eigenvalue weighted by Crippen LogP contribution is -2.43. The number of aromatic carboxylic acids is 1. The molecule has 4 nitrogen and oxygen atoms in total. The maximum absolute atomic E-state index is 10.9. The van der Waals surface area contributed by atoms with Crippen LogP contribution in [0, 0.1) is 0 Å². The second kappa shape index (κ2) is 5.83. The molecule has 0 spiro atoms. The summed E-state index contributed by atoms with van der Waals surface area (Å²) in [6.45, 7) is 4.71. The summed E-state index contributed by atoms with van der Waals surface area (Å²) < 4.78 is 0. The summed E-state index contributed by atoms with van der Waals surface area (Å²) >= 11 is 0. The lowest BCUT2D eigenvalue weighted by Gasteiger charge is -2.37. The summed E-state index contributed by atoms with van der Waals surface area (Å²) in [5.74, 6) is -0.857. The number of hydrogen-bond donors (Lipinski definition) is 1. The van der Waals surface area contributed by atoms with E-state index in [-0.39, 0.29) is 0 Å². The summed E-state index contributed by atoms with van der Waals surface area (Å²) in [7, 11) is 0. The monoisotopic (exact) mass is 274 g/mol. The number of hydrogen-bond acceptors (Lipinski definition) is 3. The smallest absolute Gasteiger partial charge is 0.335 e. The summed E-state index contributed by atoms with van der Waals surface area (Å²) in [6, 6.07) is 8.01. The lowest BCUT2D eigenvalue weighted by molar-refractivity contribution is 0.0697. The predicted octanol–water partition coefficient (Wildman–Crippen LogP) is 2.45. The zero-order chi connectivity index (χ0) is 13.9. The van der Waals surface area contributed by atoms with Crippen LogP contribution in [0.4, 0.5) is 5.69 Å². The molecule has 0 saturated carbocycles. The van der Waals surface area contributed by atoms with Crippen LogP contribution in [0.25, 0.3) is 0 Å². The van der Waals surface area contributed by atoms with E-state index in [9.17, 15) is 4.79 Å². The molecule has 0 bridgehead atoms. The number of nitrogens with zero attached hydrogens (tertiary/aromatic N) is 2. The minimum Gasteiger partial charge on any atom is -0.478 e. The second-order valence-corrected chi connectivity index (χ2v) is 5.81. The first-order valence-electron chi connectivity index (χ1n) is 7.56. The third-order valence-corrected chi connectivity index (χ3v) is 4.60. The Hall–Kier alpha value is -1.55. The van der Waals surface area contributed by atoms with E-state index in [1.807, 2.05) is 12.1 Å². The van der Waals surface area contributed by atoms with Crippen molar-refractivity contribution in [3.8, 4) is 0 Å². The molecule has 20 heavy (non-hydrogen) atoms. The zero-order valence-electron chi connectivity index (χ0n) is 11.8. The molecule has 2 saturated heterocycles. The molecule has 2 fully saturated rings. The van der Waals surface area contributed by atoms with Crippen molar-refractivity contribution in [3.05, 3.63) is 29.8 Å². The van der Waals surface area contributed by atoms with Crippen LogP contribution in [0.5, 0.6) is 0 Å². The molecule has 0 aliphatic carbocycles. The lowest BCUT2D eigenvalue weighted by atomic mass is 10.0. The Labute approximate surface area is 120 Å². The van der Waals surface area contributed by atoms with Gasteiger partial charge in [-0.2, -0.15) is 0 Å². The standard InChI is InChI=1S/C16H22N2O2/c19-16(20)13-3-5-14(6-4-13)18-11-7-15(8-12-18)17-9-1-2-10-17/h3-6,15H,1-2,7-12H2,(H,19,20). The van der Waals surface area contributed by atoms with Crippen LogP contribution in [0.3, 0.4) is 0 Å². The van der Waals surface area contributed by atoms with Crippen molar-refractivity contribution in [2.75, 3.05) is 31.1 Å². The van der Waals surface area contributed by atoms with Gasteiger partial charge in [-0.1, -0.05) is 0 Å². The molecule has 0 atom stereocenters. The minimum atomic E-state index is -0.857. The zero-order valence-corrected chi connectivity index (χ0v) is 11.8. The Balaban J connectivity index is 1.58. The molecule has 0 radical (unpaired) electrons. The number of likely N-dealkylation sites (tertiary alicyclic amines) is 1. The van der Waals surface area contributed by atoms with Gasteiger partial charge in [0, 0.05) is 24.8 Å². The van der Waals surface area contributed by atoms with Crippen LogP contribution in [0.15, 0.2) is 24.3 Å². The molecular formula is C16H22N2O2. The molecule has 2 aliphatic rings. The van der Waals surface area contributed by atoms with E-state index in [1.54, 1.807) is 12.1 Å². The number of carbonyl (C=O) groups is 1. The number of piperidine rings is 1. The minimum absolute atomic E-state index is 0.362. The van der Waals surface area contributed by atoms with Gasteiger partial charge in [-0.3, -0.25) is 0 Å². The van der Waals surface area contributed by atoms with E-state index in [0.29, 0.717) is 5.56 Å². The molecule has 2 aliphatic heterocycles. The van der Waals surface area contributed by atoms with E-state index in [1.165, 1.54) is 38.8 Å². The topological polar surface area (TPSA) is 43.8 Å². The highest BCUT2D eigenvalue weighted by Gasteiger charge is 2.26. The highest BCUT2D eigenvalue weighted by molar-refractivity contribution is 5.88. The van der Waals surface area contributed by atoms with Crippen molar-refractivity contribution in [2.24, 2.45) is 0 Å². The van der Waals surface area contributed by atoms with Crippen LogP contribution >= 0.6 is 0 Å². The van der Waals surface area contributed by atoms with Crippen molar-refractivity contribution < 1.29 is 9.90 Å². The molecule has 108 valence electrons. The van der Waals surface area contributed by atoms with Gasteiger partial charge in [0.25, 0.3) is 0 Å². The van der Waals surface area contributed by atoms with Gasteiger partial charge in [0.1, 0.15) is 0 Å². The average molecular weight is 274 g/mol. The average Bonchev–Trinajstić information content (AvgIpc) is 3.02. The molecular weight excluding hydrogens is 252 g/mol. The Morgan fingerprint density at radius 3 is 2.15 bits per heavy atom. The van der Waals surface area contributed by atoms with Gasteiger partial charge in [0.05, 0.1) is 5.56 Å². The Morgan fingerprint density at radius 1 is 1.00 bits per heavy atom. The molecule has 1 aromatic carbocycles. The SMILES string of the molecule is O=C(O)c1ccc(N2CCC(N3CCCC3)CC2)cc1. The maximum atomic E-state index is 10.9. The highest BCUT2D eigenvalue weighted by atomic mass is 16.4. The van der Waals surface area contributed by atoms with Crippen molar-refractivity contribution in [2.45, 2.75) is 31.7 Å². The van der Waals surface area contributed by atoms with Gasteiger partial charge < -0.3 is 14.9 Å². The Bertz CT molecular complexity index is 458. The van der Waals surface area contributed by atoms with Crippen LogP contribution in [-0.2, 0) is 0 Å². The maximum Gasteiger partial charge on any atom is 0.335 e. The van der Waals surface area contributed by atoms with E-state index in [2.05, 4.69) is 9.80 Å². The number of carboxylic acids is 1. The van der Waals surface area contributed by atoms with E-state index in [4.69, 9.17) is 5.11 Å². The van der Waals surface area contributed by atoms with E-state index < -0.39 is 5.97 Å². The second-order valence-electron chi connectivity index (χ2n) is 5.81. The van der Waals surface area contributed by atoms with Crippen molar-refractivity contribution >= 4 is 11.7 Å².